The number of phenolic OH excluding ortho intramolecular Hbond substituents is 1. The molecule has 0 saturated heterocycles. The number of nitrogens with one attached hydrogen (secondary N) is 1. The van der Waals surface area contributed by atoms with Crippen LogP contribution in [0.25, 0.3) is 0 Å². The van der Waals surface area contributed by atoms with Crippen LogP contribution >= 0.6 is 0 Å². The van der Waals surface area contributed by atoms with E-state index in [1.807, 2.05) is 24.3 Å². The van der Waals surface area contributed by atoms with Crippen molar-refractivity contribution in [2.75, 3.05) is 12.1 Å². The maximum absolute atomic E-state index is 12.2. The Bertz CT molecular complexity index is 857. The fourth-order valence-electron chi connectivity index (χ4n) is 4.62. The van der Waals surface area contributed by atoms with Crippen LogP contribution in [0.1, 0.15) is 117 Å². The number of hydrogen-bond donors (Lipinski definition) is 2. The van der Waals surface area contributed by atoms with Crippen LogP contribution in [0.5, 0.6) is 11.5 Å². The highest BCUT2D eigenvalue weighted by atomic mass is 32.2. The summed E-state index contributed by atoms with van der Waals surface area (Å²) in [6, 6.07) is 13.7. The average molecular weight is 546 g/mol. The van der Waals surface area contributed by atoms with E-state index in [-0.39, 0.29) is 5.75 Å². The van der Waals surface area contributed by atoms with Crippen molar-refractivity contribution < 1.29 is 18.3 Å². The minimum absolute atomic E-state index is 0.126. The lowest BCUT2D eigenvalue weighted by molar-refractivity contribution is 0.224. The van der Waals surface area contributed by atoms with Gasteiger partial charge in [-0.3, -0.25) is 5.48 Å². The highest BCUT2D eigenvalue weighted by Gasteiger charge is 2.11. The molecule has 0 aliphatic carbocycles. The zero-order chi connectivity index (χ0) is 27.3. The molecule has 2 rings (SSSR count). The van der Waals surface area contributed by atoms with Crippen LogP contribution in [-0.2, 0) is 15.4 Å². The van der Waals surface area contributed by atoms with Gasteiger partial charge in [0.1, 0.15) is 11.5 Å². The Morgan fingerprint density at radius 3 is 1.74 bits per heavy atom. The highest BCUT2D eigenvalue weighted by molar-refractivity contribution is 7.80. The molecule has 2 N–H and O–H groups in total. The lowest BCUT2D eigenvalue weighted by Crippen LogP contribution is -2.12. The first-order valence-electron chi connectivity index (χ1n) is 15.0. The van der Waals surface area contributed by atoms with Gasteiger partial charge in [0.2, 0.25) is 11.1 Å². The Balaban J connectivity index is 1.73. The molecule has 0 radical (unpaired) electrons. The topological polar surface area (TPSA) is 67.8 Å². The van der Waals surface area contributed by atoms with E-state index in [1.165, 1.54) is 115 Å². The number of rotatable bonds is 23. The lowest BCUT2D eigenvalue weighted by atomic mass is 9.94. The van der Waals surface area contributed by atoms with Crippen molar-refractivity contribution in [3.63, 3.8) is 0 Å². The minimum Gasteiger partial charge on any atom is -0.508 e. The van der Waals surface area contributed by atoms with Crippen LogP contribution < -0.4 is 10.2 Å². The zero-order valence-electron chi connectivity index (χ0n) is 23.8. The van der Waals surface area contributed by atoms with Crippen LogP contribution in [0.2, 0.25) is 0 Å². The van der Waals surface area contributed by atoms with Gasteiger partial charge in [-0.1, -0.05) is 104 Å². The first kappa shape index (κ1) is 32.2. The number of ether oxygens (including phenoxy) is 1. The van der Waals surface area contributed by atoms with Gasteiger partial charge in [-0.05, 0) is 67.3 Å². The first-order valence-corrected chi connectivity index (χ1v) is 16.1. The summed E-state index contributed by atoms with van der Waals surface area (Å²) in [5.74, 6) is 1.58. The SMILES string of the molecule is CCCCCCCCCCC(CCCCCCCC)COc1ccc(NOS(=O)c2ccc(O)cc2)cc1. The van der Waals surface area contributed by atoms with Gasteiger partial charge in [0, 0.05) is 0 Å². The number of unbranched alkanes of at least 4 members (excludes halogenated alkanes) is 12. The second-order valence-electron chi connectivity index (χ2n) is 10.4. The maximum Gasteiger partial charge on any atom is 0.212 e. The third-order valence-electron chi connectivity index (χ3n) is 7.04. The Hall–Kier alpha value is -2.05. The highest BCUT2D eigenvalue weighted by Crippen LogP contribution is 2.23. The second-order valence-corrected chi connectivity index (χ2v) is 11.5. The van der Waals surface area contributed by atoms with Gasteiger partial charge in [0.15, 0.2) is 0 Å². The van der Waals surface area contributed by atoms with Crippen LogP contribution in [0.4, 0.5) is 5.69 Å². The molecular formula is C32H51NO4S. The van der Waals surface area contributed by atoms with E-state index >= 15 is 0 Å². The van der Waals surface area contributed by atoms with Gasteiger partial charge in [0.25, 0.3) is 0 Å². The molecule has 0 aromatic heterocycles. The molecule has 0 spiro atoms. The van der Waals surface area contributed by atoms with E-state index < -0.39 is 11.1 Å². The van der Waals surface area contributed by atoms with E-state index in [9.17, 15) is 9.32 Å². The third-order valence-corrected chi connectivity index (χ3v) is 7.93. The van der Waals surface area contributed by atoms with E-state index in [0.717, 1.165) is 12.4 Å². The molecule has 2 aromatic carbocycles. The van der Waals surface area contributed by atoms with Crippen LogP contribution in [0.3, 0.4) is 0 Å². The molecule has 6 heteroatoms. The van der Waals surface area contributed by atoms with Crippen LogP contribution in [0, 0.1) is 5.92 Å². The van der Waals surface area contributed by atoms with Crippen molar-refractivity contribution in [3.8, 4) is 11.5 Å². The molecule has 5 nitrogen and oxygen atoms in total. The molecule has 38 heavy (non-hydrogen) atoms. The molecule has 0 aliphatic heterocycles. The third kappa shape index (κ3) is 14.8. The average Bonchev–Trinajstić information content (AvgIpc) is 2.94. The van der Waals surface area contributed by atoms with Gasteiger partial charge in [-0.25, -0.2) is 4.21 Å². The fraction of sp³-hybridized carbons (Fsp3) is 0.625. The number of phenols is 1. The van der Waals surface area contributed by atoms with Crippen LogP contribution in [0.15, 0.2) is 53.4 Å². The minimum atomic E-state index is -1.67. The molecule has 0 bridgehead atoms. The molecule has 0 fully saturated rings. The summed E-state index contributed by atoms with van der Waals surface area (Å²) in [5.41, 5.74) is 3.44. The molecule has 2 atom stereocenters. The predicted octanol–water partition coefficient (Wildman–Crippen LogP) is 9.73. The second kappa shape index (κ2) is 20.9. The van der Waals surface area contributed by atoms with Crippen LogP contribution in [-0.4, -0.2) is 15.9 Å². The number of benzene rings is 2. The summed E-state index contributed by atoms with van der Waals surface area (Å²) < 4.78 is 23.7. The largest absolute Gasteiger partial charge is 0.508 e. The van der Waals surface area contributed by atoms with E-state index in [2.05, 4.69) is 19.3 Å². The summed E-state index contributed by atoms with van der Waals surface area (Å²) in [7, 11) is 0. The Morgan fingerprint density at radius 1 is 0.711 bits per heavy atom. The number of anilines is 1. The molecule has 214 valence electrons. The quantitative estimate of drug-likeness (QED) is 0.107. The van der Waals surface area contributed by atoms with Crippen molar-refractivity contribution in [2.45, 2.75) is 121 Å². The van der Waals surface area contributed by atoms with Crippen molar-refractivity contribution in [1.82, 2.24) is 0 Å². The lowest BCUT2D eigenvalue weighted by Gasteiger charge is -2.18. The normalized spacial score (nSPS) is 12.8. The molecule has 2 aromatic rings. The Morgan fingerprint density at radius 2 is 1.21 bits per heavy atom. The summed E-state index contributed by atoms with van der Waals surface area (Å²) in [6.07, 6.45) is 21.4. The van der Waals surface area contributed by atoms with Gasteiger partial charge < -0.3 is 9.84 Å². The Kier molecular flexibility index (Phi) is 17.7. The van der Waals surface area contributed by atoms with Gasteiger partial charge >= 0.3 is 0 Å². The number of hydrogen-bond acceptors (Lipinski definition) is 5. The summed E-state index contributed by atoms with van der Waals surface area (Å²) in [6.45, 7) is 5.31. The summed E-state index contributed by atoms with van der Waals surface area (Å²) in [5, 5.41) is 9.36. The summed E-state index contributed by atoms with van der Waals surface area (Å²) in [4.78, 5) is 0.475. The van der Waals surface area contributed by atoms with Gasteiger partial charge in [-0.2, -0.15) is 4.28 Å². The first-order chi connectivity index (χ1) is 18.6. The summed E-state index contributed by atoms with van der Waals surface area (Å²) >= 11 is -1.67. The van der Waals surface area contributed by atoms with E-state index in [4.69, 9.17) is 9.02 Å². The van der Waals surface area contributed by atoms with Gasteiger partial charge in [-0.15, -0.1) is 0 Å². The number of aromatic hydroxyl groups is 1. The monoisotopic (exact) mass is 545 g/mol. The fourth-order valence-corrected chi connectivity index (χ4v) is 5.24. The molecule has 0 saturated carbocycles. The molecule has 0 heterocycles. The van der Waals surface area contributed by atoms with Crippen molar-refractivity contribution >= 4 is 16.8 Å². The Labute approximate surface area is 234 Å². The smallest absolute Gasteiger partial charge is 0.212 e. The standard InChI is InChI=1S/C32H51NO4S/c1-3-5-7-9-11-12-14-16-18-28(17-15-13-10-8-6-4-2)27-36-31-23-19-29(20-24-31)33-37-38(35)32-25-21-30(34)22-26-32/h19-26,28,33-34H,3-18,27H2,1-2H3. The predicted molar refractivity (Wildman–Crippen MR) is 160 cm³/mol. The molecule has 0 amide bonds. The molecule has 2 unspecified atom stereocenters. The van der Waals surface area contributed by atoms with Crippen molar-refractivity contribution in [1.29, 1.82) is 0 Å². The maximum atomic E-state index is 12.2. The van der Waals surface area contributed by atoms with E-state index in [1.54, 1.807) is 12.1 Å². The molecular weight excluding hydrogens is 494 g/mol. The zero-order valence-corrected chi connectivity index (χ0v) is 24.6. The van der Waals surface area contributed by atoms with E-state index in [0.29, 0.717) is 16.5 Å². The van der Waals surface area contributed by atoms with Crippen molar-refractivity contribution in [3.05, 3.63) is 48.5 Å². The van der Waals surface area contributed by atoms with Crippen molar-refractivity contribution in [2.24, 2.45) is 5.92 Å². The molecule has 0 aliphatic rings. The van der Waals surface area contributed by atoms with Gasteiger partial charge in [0.05, 0.1) is 17.2 Å².